The number of fused-ring (bicyclic) bond motifs is 1. The lowest BCUT2D eigenvalue weighted by atomic mass is 9.83. The Hall–Kier alpha value is -0.860. The molecule has 2 heteroatoms. The average molecular weight is 258 g/mol. The van der Waals surface area contributed by atoms with E-state index in [-0.39, 0.29) is 0 Å². The van der Waals surface area contributed by atoms with Crippen LogP contribution in [0.4, 0.5) is 0 Å². The molecule has 1 aliphatic carbocycles. The van der Waals surface area contributed by atoms with Crippen molar-refractivity contribution in [1.29, 1.82) is 0 Å². The predicted octanol–water partition coefficient (Wildman–Crippen LogP) is 3.12. The van der Waals surface area contributed by atoms with Crippen LogP contribution in [-0.2, 0) is 6.42 Å². The molecule has 1 fully saturated rings. The van der Waals surface area contributed by atoms with Gasteiger partial charge in [-0.15, -0.1) is 0 Å². The van der Waals surface area contributed by atoms with Gasteiger partial charge in [0.15, 0.2) is 0 Å². The van der Waals surface area contributed by atoms with Crippen LogP contribution in [0, 0.1) is 5.92 Å². The van der Waals surface area contributed by atoms with E-state index in [0.29, 0.717) is 18.0 Å². The molecule has 3 atom stereocenters. The monoisotopic (exact) mass is 258 g/mol. The van der Waals surface area contributed by atoms with E-state index in [1.54, 1.807) is 11.1 Å². The lowest BCUT2D eigenvalue weighted by molar-refractivity contribution is 0.0648. The van der Waals surface area contributed by atoms with Gasteiger partial charge in [0.2, 0.25) is 0 Å². The van der Waals surface area contributed by atoms with Crippen LogP contribution in [-0.4, -0.2) is 24.0 Å². The molecule has 0 saturated carbocycles. The number of rotatable bonds is 2. The highest BCUT2D eigenvalue weighted by Crippen LogP contribution is 2.38. The first-order valence-corrected chi connectivity index (χ1v) is 7.83. The summed E-state index contributed by atoms with van der Waals surface area (Å²) in [5.74, 6) is 0.699. The topological polar surface area (TPSA) is 29.3 Å². The zero-order valence-electron chi connectivity index (χ0n) is 12.0. The molecule has 0 spiro atoms. The molecule has 1 saturated heterocycles. The molecule has 1 aromatic carbocycles. The van der Waals surface area contributed by atoms with Gasteiger partial charge in [0.25, 0.3) is 0 Å². The van der Waals surface area contributed by atoms with E-state index in [4.69, 9.17) is 5.73 Å². The molecule has 104 valence electrons. The molecule has 0 bridgehead atoms. The molecule has 1 aromatic rings. The number of nitrogens with two attached hydrogens (primary N) is 1. The van der Waals surface area contributed by atoms with Crippen LogP contribution in [0.2, 0.25) is 0 Å². The summed E-state index contributed by atoms with van der Waals surface area (Å²) >= 11 is 0. The fraction of sp³-hybridized carbons (Fsp3) is 0.647. The van der Waals surface area contributed by atoms with Crippen molar-refractivity contribution in [2.75, 3.05) is 13.1 Å². The number of nitrogens with zero attached hydrogens (tertiary/aromatic N) is 1. The van der Waals surface area contributed by atoms with Crippen LogP contribution in [0.25, 0.3) is 0 Å². The minimum absolute atomic E-state index is 0.634. The lowest BCUT2D eigenvalue weighted by Gasteiger charge is -2.44. The fourth-order valence-corrected chi connectivity index (χ4v) is 3.91. The highest BCUT2D eigenvalue weighted by atomic mass is 15.2. The lowest BCUT2D eigenvalue weighted by Crippen LogP contribution is -2.46. The third-order valence-electron chi connectivity index (χ3n) is 5.10. The minimum atomic E-state index is 0.634. The summed E-state index contributed by atoms with van der Waals surface area (Å²) in [6, 6.07) is 10.4. The van der Waals surface area contributed by atoms with Crippen molar-refractivity contribution >= 4 is 0 Å². The van der Waals surface area contributed by atoms with E-state index in [0.717, 1.165) is 6.54 Å². The fourth-order valence-electron chi connectivity index (χ4n) is 3.91. The van der Waals surface area contributed by atoms with E-state index in [1.165, 1.54) is 38.6 Å². The van der Waals surface area contributed by atoms with Gasteiger partial charge in [-0.3, -0.25) is 4.90 Å². The van der Waals surface area contributed by atoms with E-state index < -0.39 is 0 Å². The standard InChI is InChI=1S/C17H26N2/c1-13-9-10-14(11-18)12-19(13)17-8-4-6-15-5-2-3-7-16(15)17/h2-3,5,7,13-14,17H,4,6,8-12,18H2,1H3. The highest BCUT2D eigenvalue weighted by Gasteiger charge is 2.33. The van der Waals surface area contributed by atoms with Gasteiger partial charge in [-0.25, -0.2) is 0 Å². The first kappa shape index (κ1) is 13.1. The van der Waals surface area contributed by atoms with Crippen molar-refractivity contribution in [2.24, 2.45) is 11.7 Å². The number of piperidine rings is 1. The first-order valence-electron chi connectivity index (χ1n) is 7.83. The number of hydrogen-bond acceptors (Lipinski definition) is 2. The Kier molecular flexibility index (Phi) is 3.90. The second-order valence-corrected chi connectivity index (χ2v) is 6.33. The quantitative estimate of drug-likeness (QED) is 0.883. The highest BCUT2D eigenvalue weighted by molar-refractivity contribution is 5.32. The second kappa shape index (κ2) is 5.64. The number of benzene rings is 1. The Balaban J connectivity index is 1.85. The number of likely N-dealkylation sites (tertiary alicyclic amines) is 1. The summed E-state index contributed by atoms with van der Waals surface area (Å²) in [6.45, 7) is 4.43. The van der Waals surface area contributed by atoms with Crippen LogP contribution >= 0.6 is 0 Å². The Morgan fingerprint density at radius 3 is 2.89 bits per heavy atom. The Labute approximate surface area is 117 Å². The van der Waals surface area contributed by atoms with Gasteiger partial charge < -0.3 is 5.73 Å². The molecule has 1 heterocycles. The van der Waals surface area contributed by atoms with Crippen molar-refractivity contribution in [1.82, 2.24) is 4.90 Å². The van der Waals surface area contributed by atoms with Crippen LogP contribution in [0.3, 0.4) is 0 Å². The molecular weight excluding hydrogens is 232 g/mol. The molecule has 3 unspecified atom stereocenters. The van der Waals surface area contributed by atoms with Gasteiger partial charge in [0, 0.05) is 18.6 Å². The van der Waals surface area contributed by atoms with Crippen LogP contribution in [0.5, 0.6) is 0 Å². The van der Waals surface area contributed by atoms with Crippen LogP contribution in [0.15, 0.2) is 24.3 Å². The van der Waals surface area contributed by atoms with E-state index >= 15 is 0 Å². The zero-order valence-corrected chi connectivity index (χ0v) is 12.0. The Morgan fingerprint density at radius 2 is 2.05 bits per heavy atom. The van der Waals surface area contributed by atoms with Crippen molar-refractivity contribution in [2.45, 2.75) is 51.1 Å². The van der Waals surface area contributed by atoms with Crippen molar-refractivity contribution in [3.05, 3.63) is 35.4 Å². The van der Waals surface area contributed by atoms with Gasteiger partial charge in [-0.05, 0) is 62.6 Å². The summed E-state index contributed by atoms with van der Waals surface area (Å²) in [4.78, 5) is 2.74. The summed E-state index contributed by atoms with van der Waals surface area (Å²) in [5.41, 5.74) is 9.06. The largest absolute Gasteiger partial charge is 0.330 e. The van der Waals surface area contributed by atoms with Gasteiger partial charge in [-0.1, -0.05) is 24.3 Å². The molecule has 1 aliphatic heterocycles. The first-order chi connectivity index (χ1) is 9.29. The zero-order chi connectivity index (χ0) is 13.2. The van der Waals surface area contributed by atoms with Gasteiger partial charge in [-0.2, -0.15) is 0 Å². The van der Waals surface area contributed by atoms with Crippen molar-refractivity contribution in [3.63, 3.8) is 0 Å². The summed E-state index contributed by atoms with van der Waals surface area (Å²) < 4.78 is 0. The molecule has 19 heavy (non-hydrogen) atoms. The summed E-state index contributed by atoms with van der Waals surface area (Å²) in [7, 11) is 0. The molecule has 2 aliphatic rings. The maximum Gasteiger partial charge on any atom is 0.0353 e. The van der Waals surface area contributed by atoms with E-state index in [1.807, 2.05) is 0 Å². The van der Waals surface area contributed by atoms with Crippen molar-refractivity contribution in [3.8, 4) is 0 Å². The minimum Gasteiger partial charge on any atom is -0.330 e. The molecular formula is C17H26N2. The molecule has 0 amide bonds. The normalized spacial score (nSPS) is 32.0. The molecule has 0 radical (unpaired) electrons. The summed E-state index contributed by atoms with van der Waals surface area (Å²) in [6.07, 6.45) is 6.52. The maximum atomic E-state index is 5.91. The predicted molar refractivity (Wildman–Crippen MR) is 80.1 cm³/mol. The SMILES string of the molecule is CC1CCC(CN)CN1C1CCCc2ccccc21. The van der Waals surface area contributed by atoms with Crippen LogP contribution < -0.4 is 5.73 Å². The number of hydrogen-bond donors (Lipinski definition) is 1. The molecule has 2 nitrogen and oxygen atoms in total. The molecule has 2 N–H and O–H groups in total. The van der Waals surface area contributed by atoms with Gasteiger partial charge in [0.1, 0.15) is 0 Å². The Bertz CT molecular complexity index is 429. The van der Waals surface area contributed by atoms with Gasteiger partial charge >= 0.3 is 0 Å². The summed E-state index contributed by atoms with van der Waals surface area (Å²) in [5, 5.41) is 0. The second-order valence-electron chi connectivity index (χ2n) is 6.33. The average Bonchev–Trinajstić information content (AvgIpc) is 2.47. The smallest absolute Gasteiger partial charge is 0.0353 e. The maximum absolute atomic E-state index is 5.91. The third-order valence-corrected chi connectivity index (χ3v) is 5.10. The Morgan fingerprint density at radius 1 is 1.21 bits per heavy atom. The van der Waals surface area contributed by atoms with Crippen LogP contribution in [0.1, 0.15) is 49.8 Å². The van der Waals surface area contributed by atoms with Gasteiger partial charge in [0.05, 0.1) is 0 Å². The molecule has 0 aromatic heterocycles. The molecule has 3 rings (SSSR count). The van der Waals surface area contributed by atoms with E-state index in [2.05, 4.69) is 36.1 Å². The van der Waals surface area contributed by atoms with Crippen molar-refractivity contribution < 1.29 is 0 Å². The third kappa shape index (κ3) is 2.56. The van der Waals surface area contributed by atoms with E-state index in [9.17, 15) is 0 Å². The number of aryl methyl sites for hydroxylation is 1.